The Morgan fingerprint density at radius 3 is 2.00 bits per heavy atom. The minimum absolute atomic E-state index is 0.121. The van der Waals surface area contributed by atoms with Crippen molar-refractivity contribution in [2.24, 2.45) is 5.92 Å². The molecule has 0 bridgehead atoms. The number of carbonyl (C=O) groups is 2. The standard InChI is InChI=1S/C19H31N3O2/c1-12(2)16(21-13(3)17(23)22-18(24)20-7)14-8-10-15(11-9-14)19(4,5)6/h8-13,16,21H,1-7H3,(H2,20,22,23,24)/p+1/t13-,16-/m1/s1. The third kappa shape index (κ3) is 5.64. The van der Waals surface area contributed by atoms with Crippen LogP contribution in [0.3, 0.4) is 0 Å². The Hall–Kier alpha value is -1.88. The maximum Gasteiger partial charge on any atom is 0.321 e. The van der Waals surface area contributed by atoms with Crippen LogP contribution in [0.2, 0.25) is 0 Å². The number of amides is 3. The lowest BCUT2D eigenvalue weighted by atomic mass is 9.85. The predicted molar refractivity (Wildman–Crippen MR) is 96.7 cm³/mol. The van der Waals surface area contributed by atoms with Gasteiger partial charge in [0.15, 0.2) is 6.04 Å². The van der Waals surface area contributed by atoms with Gasteiger partial charge in [-0.1, -0.05) is 58.9 Å². The highest BCUT2D eigenvalue weighted by Crippen LogP contribution is 2.25. The van der Waals surface area contributed by atoms with E-state index in [4.69, 9.17) is 0 Å². The number of imide groups is 1. The van der Waals surface area contributed by atoms with Crippen LogP contribution in [0.25, 0.3) is 0 Å². The van der Waals surface area contributed by atoms with Crippen LogP contribution >= 0.6 is 0 Å². The summed E-state index contributed by atoms with van der Waals surface area (Å²) in [6.45, 7) is 12.7. The van der Waals surface area contributed by atoms with Gasteiger partial charge in [0.1, 0.15) is 6.04 Å². The Morgan fingerprint density at radius 2 is 1.58 bits per heavy atom. The summed E-state index contributed by atoms with van der Waals surface area (Å²) in [7, 11) is 1.49. The summed E-state index contributed by atoms with van der Waals surface area (Å²) < 4.78 is 0. The highest BCUT2D eigenvalue weighted by atomic mass is 16.2. The van der Waals surface area contributed by atoms with Crippen molar-refractivity contribution in [3.8, 4) is 0 Å². The molecule has 0 aromatic heterocycles. The third-order valence-electron chi connectivity index (χ3n) is 4.25. The highest BCUT2D eigenvalue weighted by molar-refractivity contribution is 5.95. The van der Waals surface area contributed by atoms with Crippen molar-refractivity contribution >= 4 is 11.9 Å². The van der Waals surface area contributed by atoms with Crippen molar-refractivity contribution in [3.63, 3.8) is 0 Å². The second-order valence-corrected chi connectivity index (χ2v) is 7.69. The molecule has 134 valence electrons. The largest absolute Gasteiger partial charge is 0.341 e. The van der Waals surface area contributed by atoms with Crippen molar-refractivity contribution in [1.29, 1.82) is 0 Å². The van der Waals surface area contributed by atoms with Crippen LogP contribution < -0.4 is 16.0 Å². The number of hydrogen-bond acceptors (Lipinski definition) is 2. The zero-order chi connectivity index (χ0) is 18.5. The quantitative estimate of drug-likeness (QED) is 0.771. The van der Waals surface area contributed by atoms with Crippen LogP contribution in [-0.2, 0) is 10.2 Å². The molecular formula is C19H32N3O2+. The molecule has 5 heteroatoms. The van der Waals surface area contributed by atoms with E-state index in [1.165, 1.54) is 18.2 Å². The van der Waals surface area contributed by atoms with E-state index in [2.05, 4.69) is 69.5 Å². The third-order valence-corrected chi connectivity index (χ3v) is 4.25. The summed E-state index contributed by atoms with van der Waals surface area (Å²) in [5.74, 6) is 0.0760. The normalized spacial score (nSPS) is 14.2. The smallest absolute Gasteiger partial charge is 0.321 e. The lowest BCUT2D eigenvalue weighted by Crippen LogP contribution is -2.93. The summed E-state index contributed by atoms with van der Waals surface area (Å²) in [5, 5.41) is 6.75. The van der Waals surface area contributed by atoms with Gasteiger partial charge >= 0.3 is 6.03 Å². The van der Waals surface area contributed by atoms with Gasteiger partial charge in [-0.2, -0.15) is 0 Å². The first-order chi connectivity index (χ1) is 11.1. The van der Waals surface area contributed by atoms with E-state index in [0.29, 0.717) is 5.92 Å². The molecule has 2 atom stereocenters. The number of nitrogens with two attached hydrogens (primary N) is 1. The molecule has 5 nitrogen and oxygen atoms in total. The molecule has 0 aliphatic rings. The topological polar surface area (TPSA) is 74.8 Å². The van der Waals surface area contributed by atoms with Gasteiger partial charge in [0, 0.05) is 18.5 Å². The molecule has 0 spiro atoms. The molecule has 0 saturated carbocycles. The molecule has 1 aromatic rings. The molecule has 1 rings (SSSR count). The van der Waals surface area contributed by atoms with Crippen molar-refractivity contribution in [2.75, 3.05) is 7.05 Å². The molecule has 24 heavy (non-hydrogen) atoms. The van der Waals surface area contributed by atoms with Gasteiger partial charge in [-0.05, 0) is 17.9 Å². The zero-order valence-electron chi connectivity index (χ0n) is 15.9. The summed E-state index contributed by atoms with van der Waals surface area (Å²) in [4.78, 5) is 23.4. The fourth-order valence-corrected chi connectivity index (χ4v) is 2.61. The van der Waals surface area contributed by atoms with Gasteiger partial charge in [-0.25, -0.2) is 4.79 Å². The minimum Gasteiger partial charge on any atom is -0.341 e. The van der Waals surface area contributed by atoms with Crippen molar-refractivity contribution in [3.05, 3.63) is 35.4 Å². The predicted octanol–water partition coefficient (Wildman–Crippen LogP) is 2.09. The Kier molecular flexibility index (Phi) is 6.96. The number of quaternary nitrogens is 1. The number of nitrogens with one attached hydrogen (secondary N) is 2. The number of rotatable bonds is 5. The Labute approximate surface area is 145 Å². The molecular weight excluding hydrogens is 302 g/mol. The molecule has 4 N–H and O–H groups in total. The number of carbonyl (C=O) groups excluding carboxylic acids is 2. The van der Waals surface area contributed by atoms with Gasteiger partial charge in [0.25, 0.3) is 5.91 Å². The van der Waals surface area contributed by atoms with Crippen molar-refractivity contribution in [1.82, 2.24) is 10.6 Å². The molecule has 0 unspecified atom stereocenters. The van der Waals surface area contributed by atoms with Crippen LogP contribution in [-0.4, -0.2) is 25.0 Å². The highest BCUT2D eigenvalue weighted by Gasteiger charge is 2.27. The van der Waals surface area contributed by atoms with E-state index in [9.17, 15) is 9.59 Å². The second-order valence-electron chi connectivity index (χ2n) is 7.69. The summed E-state index contributed by atoms with van der Waals surface area (Å²) in [6, 6.07) is 7.94. The van der Waals surface area contributed by atoms with Crippen LogP contribution in [0.5, 0.6) is 0 Å². The van der Waals surface area contributed by atoms with Crippen LogP contribution in [0.1, 0.15) is 58.7 Å². The molecule has 0 aliphatic heterocycles. The monoisotopic (exact) mass is 334 g/mol. The van der Waals surface area contributed by atoms with Crippen LogP contribution in [0.4, 0.5) is 4.79 Å². The van der Waals surface area contributed by atoms with E-state index < -0.39 is 6.03 Å². The fourth-order valence-electron chi connectivity index (χ4n) is 2.61. The summed E-state index contributed by atoms with van der Waals surface area (Å²) in [5.41, 5.74) is 2.60. The van der Waals surface area contributed by atoms with Gasteiger partial charge < -0.3 is 10.6 Å². The van der Waals surface area contributed by atoms with E-state index >= 15 is 0 Å². The zero-order valence-corrected chi connectivity index (χ0v) is 15.9. The van der Waals surface area contributed by atoms with Crippen molar-refractivity contribution < 1.29 is 14.9 Å². The number of hydrogen-bond donors (Lipinski definition) is 3. The molecule has 3 amide bonds. The number of benzene rings is 1. The van der Waals surface area contributed by atoms with Gasteiger partial charge in [-0.15, -0.1) is 0 Å². The van der Waals surface area contributed by atoms with Crippen molar-refractivity contribution in [2.45, 2.75) is 59.0 Å². The fraction of sp³-hybridized carbons (Fsp3) is 0.579. The molecule has 0 fully saturated rings. The Balaban J connectivity index is 2.87. The van der Waals surface area contributed by atoms with Gasteiger partial charge in [0.05, 0.1) is 0 Å². The average Bonchev–Trinajstić information content (AvgIpc) is 2.51. The molecule has 0 saturated heterocycles. The van der Waals surface area contributed by atoms with E-state index in [1.54, 1.807) is 0 Å². The molecule has 0 radical (unpaired) electrons. The summed E-state index contributed by atoms with van der Waals surface area (Å²) in [6.07, 6.45) is 0. The first kappa shape index (κ1) is 20.2. The summed E-state index contributed by atoms with van der Waals surface area (Å²) >= 11 is 0. The molecule has 0 heterocycles. The number of urea groups is 1. The van der Waals surface area contributed by atoms with Gasteiger partial charge in [0.2, 0.25) is 0 Å². The van der Waals surface area contributed by atoms with Gasteiger partial charge in [-0.3, -0.25) is 10.1 Å². The average molecular weight is 334 g/mol. The maximum atomic E-state index is 12.1. The maximum absolute atomic E-state index is 12.1. The first-order valence-corrected chi connectivity index (χ1v) is 8.54. The first-order valence-electron chi connectivity index (χ1n) is 8.54. The Bertz CT molecular complexity index is 559. The minimum atomic E-state index is -0.476. The Morgan fingerprint density at radius 1 is 1.04 bits per heavy atom. The van der Waals surface area contributed by atoms with E-state index in [0.717, 1.165) is 0 Å². The molecule has 0 aliphatic carbocycles. The lowest BCUT2D eigenvalue weighted by Gasteiger charge is -2.24. The van der Waals surface area contributed by atoms with Crippen LogP contribution in [0, 0.1) is 5.92 Å². The van der Waals surface area contributed by atoms with E-state index in [-0.39, 0.29) is 23.4 Å². The molecule has 1 aromatic carbocycles. The SMILES string of the molecule is CNC(=O)NC(=O)[C@@H](C)[NH2+][C@@H](c1ccc(C(C)(C)C)cc1)C(C)C. The van der Waals surface area contributed by atoms with Crippen LogP contribution in [0.15, 0.2) is 24.3 Å². The van der Waals surface area contributed by atoms with E-state index in [1.807, 2.05) is 12.2 Å². The second kappa shape index (κ2) is 8.29. The lowest BCUT2D eigenvalue weighted by molar-refractivity contribution is -0.719.